The van der Waals surface area contributed by atoms with Crippen LogP contribution in [0.4, 0.5) is 18.9 Å². The Labute approximate surface area is 331 Å². The van der Waals surface area contributed by atoms with Crippen LogP contribution >= 0.6 is 11.8 Å². The quantitative estimate of drug-likeness (QED) is 0.194. The molecule has 3 heterocycles. The highest BCUT2D eigenvalue weighted by atomic mass is 32.2. The number of nitrogens with zero attached hydrogens (tertiary/aromatic N) is 2. The molecule has 3 aliphatic rings. The summed E-state index contributed by atoms with van der Waals surface area (Å²) in [4.78, 5) is 59.2. The fourth-order valence-corrected chi connectivity index (χ4v) is 9.41. The lowest BCUT2D eigenvalue weighted by atomic mass is 9.86. The zero-order valence-corrected chi connectivity index (χ0v) is 32.5. The molecule has 0 radical (unpaired) electrons. The van der Waals surface area contributed by atoms with Crippen LogP contribution in [0.3, 0.4) is 0 Å². The Bertz CT molecular complexity index is 1800. The first-order chi connectivity index (χ1) is 27.0. The zero-order valence-electron chi connectivity index (χ0n) is 31.7. The second kappa shape index (κ2) is 19.1. The average molecular weight is 793 g/mol. The monoisotopic (exact) mass is 792 g/mol. The first kappa shape index (κ1) is 41.1. The Balaban J connectivity index is 1.19. The van der Waals surface area contributed by atoms with Gasteiger partial charge in [-0.1, -0.05) is 72.8 Å². The molecular formula is C43H51F3N4O5S. The SMILES string of the molecule is COc1ccccc1N1CCCC[C@H](NC(=O)[C@H](CC[C@H](Cc2ccccc2)C(=O)N[C@H]2CCS[C@H]3CC[C@@H](C(F)(F)F)CN3C2=O)Cc2ccccc2)C1=O. The lowest BCUT2D eigenvalue weighted by Crippen LogP contribution is -2.55. The predicted molar refractivity (Wildman–Crippen MR) is 211 cm³/mol. The Morgan fingerprint density at radius 3 is 1.93 bits per heavy atom. The number of para-hydroxylation sites is 2. The number of thioether (sulfide) groups is 1. The van der Waals surface area contributed by atoms with Gasteiger partial charge in [0.15, 0.2) is 0 Å². The van der Waals surface area contributed by atoms with E-state index in [0.717, 1.165) is 24.0 Å². The van der Waals surface area contributed by atoms with E-state index in [1.54, 1.807) is 18.1 Å². The van der Waals surface area contributed by atoms with E-state index in [9.17, 15) is 32.3 Å². The van der Waals surface area contributed by atoms with Crippen LogP contribution in [0.1, 0.15) is 62.5 Å². The van der Waals surface area contributed by atoms with E-state index in [4.69, 9.17) is 4.74 Å². The third-order valence-corrected chi connectivity index (χ3v) is 12.6. The highest BCUT2D eigenvalue weighted by molar-refractivity contribution is 7.99. The van der Waals surface area contributed by atoms with Crippen molar-refractivity contribution in [1.82, 2.24) is 15.5 Å². The number of carbonyl (C=O) groups excluding carboxylic acids is 4. The normalized spacial score (nSPS) is 22.9. The third kappa shape index (κ3) is 10.5. The van der Waals surface area contributed by atoms with Crippen LogP contribution in [0.5, 0.6) is 5.75 Å². The summed E-state index contributed by atoms with van der Waals surface area (Å²) in [6.45, 7) is 0.0923. The number of fused-ring (bicyclic) bond motifs is 1. The molecule has 9 nitrogen and oxygen atoms in total. The van der Waals surface area contributed by atoms with E-state index in [1.807, 2.05) is 78.9 Å². The molecule has 2 N–H and O–H groups in total. The number of halogens is 3. The van der Waals surface area contributed by atoms with Crippen molar-refractivity contribution in [3.05, 3.63) is 96.1 Å². The minimum atomic E-state index is -4.40. The minimum Gasteiger partial charge on any atom is -0.495 e. The molecule has 13 heteroatoms. The summed E-state index contributed by atoms with van der Waals surface area (Å²) in [5, 5.41) is 5.68. The van der Waals surface area contributed by atoms with E-state index in [0.29, 0.717) is 62.3 Å². The van der Waals surface area contributed by atoms with Crippen molar-refractivity contribution in [2.75, 3.05) is 30.9 Å². The number of anilines is 1. The van der Waals surface area contributed by atoms with Crippen LogP contribution < -0.4 is 20.3 Å². The van der Waals surface area contributed by atoms with Crippen LogP contribution in [-0.4, -0.2) is 78.1 Å². The number of amides is 4. The number of carbonyl (C=O) groups is 4. The first-order valence-corrected chi connectivity index (χ1v) is 20.7. The van der Waals surface area contributed by atoms with Gasteiger partial charge in [-0.05, 0) is 93.2 Å². The maximum absolute atomic E-state index is 14.3. The summed E-state index contributed by atoms with van der Waals surface area (Å²) < 4.78 is 46.7. The maximum atomic E-state index is 14.3. The summed E-state index contributed by atoms with van der Waals surface area (Å²) >= 11 is 1.47. The maximum Gasteiger partial charge on any atom is 0.393 e. The molecule has 0 saturated carbocycles. The molecule has 3 fully saturated rings. The predicted octanol–water partition coefficient (Wildman–Crippen LogP) is 6.94. The number of nitrogens with one attached hydrogen (secondary N) is 2. The van der Waals surface area contributed by atoms with Crippen LogP contribution in [0.15, 0.2) is 84.9 Å². The number of benzene rings is 3. The molecule has 6 rings (SSSR count). The molecule has 56 heavy (non-hydrogen) atoms. The number of alkyl halides is 3. The van der Waals surface area contributed by atoms with Crippen LogP contribution in [0.25, 0.3) is 0 Å². The van der Waals surface area contributed by atoms with Gasteiger partial charge in [0.2, 0.25) is 23.6 Å². The van der Waals surface area contributed by atoms with E-state index >= 15 is 0 Å². The molecule has 6 atom stereocenters. The number of methoxy groups -OCH3 is 1. The summed E-state index contributed by atoms with van der Waals surface area (Å²) in [7, 11) is 1.56. The van der Waals surface area contributed by atoms with Gasteiger partial charge in [-0.25, -0.2) is 0 Å². The van der Waals surface area contributed by atoms with Crippen LogP contribution in [-0.2, 0) is 32.0 Å². The molecule has 4 amide bonds. The second-order valence-electron chi connectivity index (χ2n) is 15.1. The molecule has 0 aromatic heterocycles. The largest absolute Gasteiger partial charge is 0.495 e. The molecule has 300 valence electrons. The van der Waals surface area contributed by atoms with Gasteiger partial charge in [0.25, 0.3) is 0 Å². The Kier molecular flexibility index (Phi) is 14.0. The number of hydrogen-bond donors (Lipinski definition) is 2. The molecule has 3 aromatic rings. The average Bonchev–Trinajstić information content (AvgIpc) is 3.48. The Hall–Kier alpha value is -4.52. The van der Waals surface area contributed by atoms with Crippen molar-refractivity contribution in [2.24, 2.45) is 17.8 Å². The van der Waals surface area contributed by atoms with E-state index in [2.05, 4.69) is 10.6 Å². The Morgan fingerprint density at radius 1 is 0.768 bits per heavy atom. The summed E-state index contributed by atoms with van der Waals surface area (Å²) in [6.07, 6.45) is -0.488. The fourth-order valence-electron chi connectivity index (χ4n) is 8.09. The summed E-state index contributed by atoms with van der Waals surface area (Å²) in [5.74, 6) is -3.02. The van der Waals surface area contributed by atoms with E-state index in [-0.39, 0.29) is 35.9 Å². The number of ether oxygens (including phenoxy) is 1. The number of piperidine rings is 1. The number of rotatable bonds is 13. The molecule has 0 spiro atoms. The van der Waals surface area contributed by atoms with E-state index < -0.39 is 48.5 Å². The lowest BCUT2D eigenvalue weighted by Gasteiger charge is -2.39. The van der Waals surface area contributed by atoms with Gasteiger partial charge in [-0.3, -0.25) is 19.2 Å². The van der Waals surface area contributed by atoms with Crippen molar-refractivity contribution in [1.29, 1.82) is 0 Å². The second-order valence-corrected chi connectivity index (χ2v) is 16.3. The van der Waals surface area contributed by atoms with Gasteiger partial charge in [0.1, 0.15) is 17.8 Å². The first-order valence-electron chi connectivity index (χ1n) is 19.6. The smallest absolute Gasteiger partial charge is 0.393 e. The minimum absolute atomic E-state index is 0.0201. The summed E-state index contributed by atoms with van der Waals surface area (Å²) in [6, 6.07) is 24.7. The fraction of sp³-hybridized carbons (Fsp3) is 0.488. The topological polar surface area (TPSA) is 108 Å². The van der Waals surface area contributed by atoms with Crippen LogP contribution in [0, 0.1) is 17.8 Å². The highest BCUT2D eigenvalue weighted by Crippen LogP contribution is 2.40. The highest BCUT2D eigenvalue weighted by Gasteiger charge is 2.47. The molecule has 0 bridgehead atoms. The summed E-state index contributed by atoms with van der Waals surface area (Å²) in [5.41, 5.74) is 2.50. The molecule has 0 aliphatic carbocycles. The van der Waals surface area contributed by atoms with Gasteiger partial charge in [-0.15, -0.1) is 11.8 Å². The molecule has 3 aliphatic heterocycles. The van der Waals surface area contributed by atoms with Crippen molar-refractivity contribution < 1.29 is 37.1 Å². The third-order valence-electron chi connectivity index (χ3n) is 11.2. The zero-order chi connectivity index (χ0) is 39.7. The van der Waals surface area contributed by atoms with Crippen molar-refractivity contribution in [3.8, 4) is 5.75 Å². The van der Waals surface area contributed by atoms with Crippen LogP contribution in [0.2, 0.25) is 0 Å². The van der Waals surface area contributed by atoms with Gasteiger partial charge in [0, 0.05) is 24.9 Å². The van der Waals surface area contributed by atoms with Gasteiger partial charge >= 0.3 is 6.18 Å². The molecular weight excluding hydrogens is 742 g/mol. The standard InChI is InChI=1S/C43H51F3N4O5S/c1-55-37-18-9-8-17-36(37)49-24-11-10-16-34(41(49)53)47-39(51)31(26-29-12-4-2-5-13-29)19-20-32(27-30-14-6-3-7-15-30)40(52)48-35-23-25-56-38-22-21-33(43(44,45)46)28-50(38)42(35)54/h2-9,12-15,17-18,31-35,38H,10-11,16,19-28H2,1H3,(H,47,51)(H,48,52)/t31-,32-,33-,34+,35+,38+/m1/s1. The van der Waals surface area contributed by atoms with Crippen molar-refractivity contribution in [3.63, 3.8) is 0 Å². The number of hydrogen-bond acceptors (Lipinski definition) is 6. The lowest BCUT2D eigenvalue weighted by molar-refractivity contribution is -0.189. The van der Waals surface area contributed by atoms with E-state index in [1.165, 1.54) is 16.7 Å². The van der Waals surface area contributed by atoms with Crippen molar-refractivity contribution >= 4 is 41.1 Å². The molecule has 3 aromatic carbocycles. The van der Waals surface area contributed by atoms with Gasteiger partial charge < -0.3 is 25.2 Å². The van der Waals surface area contributed by atoms with Crippen molar-refractivity contribution in [2.45, 2.75) is 87.8 Å². The molecule has 3 saturated heterocycles. The Morgan fingerprint density at radius 2 is 1.34 bits per heavy atom. The molecule has 0 unspecified atom stereocenters. The van der Waals surface area contributed by atoms with Gasteiger partial charge in [-0.2, -0.15) is 13.2 Å². The van der Waals surface area contributed by atoms with Gasteiger partial charge in [0.05, 0.1) is 24.1 Å².